The summed E-state index contributed by atoms with van der Waals surface area (Å²) in [4.78, 5) is 11.8. The first-order chi connectivity index (χ1) is 8.13. The van der Waals surface area contributed by atoms with Gasteiger partial charge in [0.05, 0.1) is 5.41 Å². The molecule has 2 atom stereocenters. The molecule has 3 heteroatoms. The lowest BCUT2D eigenvalue weighted by atomic mass is 9.76. The third-order valence-corrected chi connectivity index (χ3v) is 3.77. The van der Waals surface area contributed by atoms with E-state index in [1.807, 2.05) is 37.3 Å². The van der Waals surface area contributed by atoms with Gasteiger partial charge in [-0.2, -0.15) is 0 Å². The van der Waals surface area contributed by atoms with E-state index < -0.39 is 5.41 Å². The molecule has 1 fully saturated rings. The number of hydrogen-bond acceptors (Lipinski definition) is 2. The minimum atomic E-state index is -0.566. The average molecular weight is 232 g/mol. The van der Waals surface area contributed by atoms with Crippen molar-refractivity contribution in [2.45, 2.75) is 37.6 Å². The molecular weight excluding hydrogens is 212 g/mol. The van der Waals surface area contributed by atoms with E-state index in [9.17, 15) is 4.79 Å². The summed E-state index contributed by atoms with van der Waals surface area (Å²) in [5, 5.41) is 3.43. The van der Waals surface area contributed by atoms with Crippen LogP contribution in [0, 0.1) is 0 Å². The lowest BCUT2D eigenvalue weighted by molar-refractivity contribution is -0.123. The molecule has 0 aliphatic carbocycles. The van der Waals surface area contributed by atoms with Crippen LogP contribution in [0.3, 0.4) is 0 Å². The maximum Gasteiger partial charge on any atom is 0.227 e. The van der Waals surface area contributed by atoms with Gasteiger partial charge in [-0.1, -0.05) is 30.3 Å². The predicted molar refractivity (Wildman–Crippen MR) is 68.6 cm³/mol. The molecule has 1 aromatic carbocycles. The van der Waals surface area contributed by atoms with E-state index in [1.165, 1.54) is 6.42 Å². The summed E-state index contributed by atoms with van der Waals surface area (Å²) >= 11 is 0. The third-order valence-electron chi connectivity index (χ3n) is 3.77. The normalized spacial score (nSPS) is 23.2. The maximum atomic E-state index is 11.8. The van der Waals surface area contributed by atoms with Crippen LogP contribution in [-0.4, -0.2) is 18.5 Å². The molecule has 3 nitrogen and oxygen atoms in total. The van der Waals surface area contributed by atoms with E-state index in [4.69, 9.17) is 5.73 Å². The van der Waals surface area contributed by atoms with Crippen molar-refractivity contribution in [3.8, 4) is 0 Å². The van der Waals surface area contributed by atoms with E-state index in [0.717, 1.165) is 24.9 Å². The fraction of sp³-hybridized carbons (Fsp3) is 0.500. The van der Waals surface area contributed by atoms with Gasteiger partial charge in [-0.3, -0.25) is 4.79 Å². The van der Waals surface area contributed by atoms with Crippen molar-refractivity contribution in [3.63, 3.8) is 0 Å². The quantitative estimate of drug-likeness (QED) is 0.828. The highest BCUT2D eigenvalue weighted by molar-refractivity contribution is 5.86. The molecule has 1 aliphatic heterocycles. The van der Waals surface area contributed by atoms with Crippen molar-refractivity contribution in [1.29, 1.82) is 0 Å². The van der Waals surface area contributed by atoms with Gasteiger partial charge >= 0.3 is 0 Å². The van der Waals surface area contributed by atoms with Crippen LogP contribution in [0.25, 0.3) is 0 Å². The zero-order chi connectivity index (χ0) is 12.3. The molecule has 1 heterocycles. The molecule has 0 bridgehead atoms. The van der Waals surface area contributed by atoms with Gasteiger partial charge in [0.1, 0.15) is 0 Å². The van der Waals surface area contributed by atoms with E-state index in [1.54, 1.807) is 0 Å². The van der Waals surface area contributed by atoms with E-state index in [-0.39, 0.29) is 5.91 Å². The summed E-state index contributed by atoms with van der Waals surface area (Å²) in [5.41, 5.74) is 6.06. The summed E-state index contributed by atoms with van der Waals surface area (Å²) < 4.78 is 0. The Hall–Kier alpha value is -1.35. The number of rotatable bonds is 4. The van der Waals surface area contributed by atoms with Gasteiger partial charge in [0.2, 0.25) is 5.91 Å². The topological polar surface area (TPSA) is 55.1 Å². The first-order valence-electron chi connectivity index (χ1n) is 6.22. The number of amides is 1. The van der Waals surface area contributed by atoms with Crippen LogP contribution in [0.15, 0.2) is 30.3 Å². The van der Waals surface area contributed by atoms with Crippen LogP contribution >= 0.6 is 0 Å². The Bertz CT molecular complexity index is 384. The highest BCUT2D eigenvalue weighted by Gasteiger charge is 2.36. The number of carbonyl (C=O) groups is 1. The van der Waals surface area contributed by atoms with Crippen molar-refractivity contribution in [3.05, 3.63) is 35.9 Å². The van der Waals surface area contributed by atoms with Crippen LogP contribution in [0.1, 0.15) is 31.7 Å². The lowest BCUT2D eigenvalue weighted by Gasteiger charge is -2.29. The Labute approximate surface area is 102 Å². The Kier molecular flexibility index (Phi) is 3.48. The fourth-order valence-electron chi connectivity index (χ4n) is 2.59. The molecule has 1 aliphatic rings. The number of hydrogen-bond donors (Lipinski definition) is 2. The smallest absolute Gasteiger partial charge is 0.227 e. The first kappa shape index (κ1) is 12.1. The summed E-state index contributed by atoms with van der Waals surface area (Å²) in [6, 6.07) is 10.3. The van der Waals surface area contributed by atoms with Crippen LogP contribution in [0.2, 0.25) is 0 Å². The summed E-state index contributed by atoms with van der Waals surface area (Å²) in [7, 11) is 0. The molecule has 1 aromatic rings. The molecular formula is C14H20N2O. The number of nitrogens with two attached hydrogens (primary N) is 1. The minimum Gasteiger partial charge on any atom is -0.369 e. The van der Waals surface area contributed by atoms with Crippen LogP contribution in [0.5, 0.6) is 0 Å². The lowest BCUT2D eigenvalue weighted by Crippen LogP contribution is -2.43. The van der Waals surface area contributed by atoms with Gasteiger partial charge in [-0.15, -0.1) is 0 Å². The SMILES string of the molecule is CC(C[C@H]1CCCN1)(C(N)=O)c1ccccc1. The number of primary amides is 1. The van der Waals surface area contributed by atoms with Gasteiger partial charge in [0, 0.05) is 6.04 Å². The predicted octanol–water partition coefficient (Wildman–Crippen LogP) is 1.57. The number of benzene rings is 1. The standard InChI is InChI=1S/C14H20N2O/c1-14(13(15)17,10-12-8-5-9-16-12)11-6-3-2-4-7-11/h2-4,6-7,12,16H,5,8-10H2,1H3,(H2,15,17)/t12-,14?/m1/s1. The van der Waals surface area contributed by atoms with E-state index >= 15 is 0 Å². The largest absolute Gasteiger partial charge is 0.369 e. The van der Waals surface area contributed by atoms with Gasteiger partial charge in [0.25, 0.3) is 0 Å². The molecule has 1 amide bonds. The zero-order valence-corrected chi connectivity index (χ0v) is 10.3. The van der Waals surface area contributed by atoms with Gasteiger partial charge in [-0.25, -0.2) is 0 Å². The summed E-state index contributed by atoms with van der Waals surface area (Å²) in [6.07, 6.45) is 3.11. The van der Waals surface area contributed by atoms with Gasteiger partial charge in [-0.05, 0) is 38.3 Å². The van der Waals surface area contributed by atoms with Gasteiger partial charge < -0.3 is 11.1 Å². The average Bonchev–Trinajstić information content (AvgIpc) is 2.82. The molecule has 2 rings (SSSR count). The van der Waals surface area contributed by atoms with Crippen molar-refractivity contribution in [2.75, 3.05) is 6.54 Å². The molecule has 0 saturated carbocycles. The van der Waals surface area contributed by atoms with Gasteiger partial charge in [0.15, 0.2) is 0 Å². The number of nitrogens with one attached hydrogen (secondary N) is 1. The Morgan fingerprint density at radius 1 is 1.47 bits per heavy atom. The van der Waals surface area contributed by atoms with Crippen molar-refractivity contribution < 1.29 is 4.79 Å². The second-order valence-electron chi connectivity index (χ2n) is 5.06. The highest BCUT2D eigenvalue weighted by Crippen LogP contribution is 2.30. The zero-order valence-electron chi connectivity index (χ0n) is 10.3. The Balaban J connectivity index is 2.23. The van der Waals surface area contributed by atoms with E-state index in [2.05, 4.69) is 5.32 Å². The Morgan fingerprint density at radius 2 is 2.18 bits per heavy atom. The van der Waals surface area contributed by atoms with Crippen LogP contribution in [0.4, 0.5) is 0 Å². The monoisotopic (exact) mass is 232 g/mol. The molecule has 0 radical (unpaired) electrons. The van der Waals surface area contributed by atoms with Crippen LogP contribution < -0.4 is 11.1 Å². The Morgan fingerprint density at radius 3 is 2.71 bits per heavy atom. The number of carbonyl (C=O) groups excluding carboxylic acids is 1. The van der Waals surface area contributed by atoms with Crippen molar-refractivity contribution >= 4 is 5.91 Å². The second kappa shape index (κ2) is 4.88. The molecule has 92 valence electrons. The minimum absolute atomic E-state index is 0.239. The molecule has 3 N–H and O–H groups in total. The van der Waals surface area contributed by atoms with Crippen molar-refractivity contribution in [1.82, 2.24) is 5.32 Å². The fourth-order valence-corrected chi connectivity index (χ4v) is 2.59. The molecule has 0 aromatic heterocycles. The van der Waals surface area contributed by atoms with Crippen LogP contribution in [-0.2, 0) is 10.2 Å². The molecule has 1 saturated heterocycles. The maximum absolute atomic E-state index is 11.8. The molecule has 0 spiro atoms. The highest BCUT2D eigenvalue weighted by atomic mass is 16.1. The second-order valence-corrected chi connectivity index (χ2v) is 5.06. The molecule has 17 heavy (non-hydrogen) atoms. The summed E-state index contributed by atoms with van der Waals surface area (Å²) in [5.74, 6) is -0.239. The molecule has 1 unspecified atom stereocenters. The van der Waals surface area contributed by atoms with Crippen molar-refractivity contribution in [2.24, 2.45) is 5.73 Å². The summed E-state index contributed by atoms with van der Waals surface area (Å²) in [6.45, 7) is 3.00. The third kappa shape index (κ3) is 2.50. The van der Waals surface area contributed by atoms with E-state index in [0.29, 0.717) is 6.04 Å². The first-order valence-corrected chi connectivity index (χ1v) is 6.22.